The van der Waals surface area contributed by atoms with Crippen LogP contribution in [-0.2, 0) is 11.3 Å². The molecule has 0 spiro atoms. The van der Waals surface area contributed by atoms with E-state index in [4.69, 9.17) is 4.98 Å². The molecule has 0 saturated heterocycles. The van der Waals surface area contributed by atoms with Crippen molar-refractivity contribution >= 4 is 51.5 Å². The van der Waals surface area contributed by atoms with E-state index in [0.29, 0.717) is 66.5 Å². The zero-order valence-electron chi connectivity index (χ0n) is 22.4. The molecule has 4 heterocycles. The topological polar surface area (TPSA) is 104 Å². The molecule has 10 heteroatoms. The quantitative estimate of drug-likeness (QED) is 0.387. The SMILES string of the molecule is C=CC(=O)N1CCN(c2cc3cnc4nc3n(c2=O)CCCN(C)C(=O)c2cccc(c2)N4)c2cccc(C)c21. The second-order valence-electron chi connectivity index (χ2n) is 10.0. The molecule has 0 radical (unpaired) electrons. The van der Waals surface area contributed by atoms with Gasteiger partial charge in [-0.2, -0.15) is 4.98 Å². The van der Waals surface area contributed by atoms with Crippen molar-refractivity contribution in [2.75, 3.05) is 41.8 Å². The van der Waals surface area contributed by atoms with Crippen LogP contribution in [0.15, 0.2) is 72.2 Å². The molecule has 40 heavy (non-hydrogen) atoms. The van der Waals surface area contributed by atoms with E-state index in [-0.39, 0.29) is 17.4 Å². The molecule has 4 aromatic rings. The summed E-state index contributed by atoms with van der Waals surface area (Å²) in [6, 6.07) is 14.8. The van der Waals surface area contributed by atoms with Gasteiger partial charge in [0.05, 0.1) is 11.4 Å². The standard InChI is InChI=1S/C30H29N7O3/c1-4-25(38)36-15-14-35(23-11-5-8-19(2)26(23)36)24-17-21-18-31-30-32-22-10-6-9-20(16-22)28(39)34(3)12-7-13-37(29(24)40)27(21)33-30/h4-6,8-11,16-18H,1,7,12-15H2,2-3H3,(H,31,32,33). The monoisotopic (exact) mass is 535 g/mol. The summed E-state index contributed by atoms with van der Waals surface area (Å²) in [5, 5.41) is 3.89. The number of hydrogen-bond acceptors (Lipinski definition) is 7. The molecule has 10 nitrogen and oxygen atoms in total. The van der Waals surface area contributed by atoms with E-state index in [1.165, 1.54) is 6.08 Å². The number of hydrogen-bond donors (Lipinski definition) is 1. The number of nitrogens with zero attached hydrogens (tertiary/aromatic N) is 6. The second-order valence-corrected chi connectivity index (χ2v) is 10.0. The minimum atomic E-state index is -0.197. The van der Waals surface area contributed by atoms with E-state index in [2.05, 4.69) is 16.9 Å². The molecule has 2 amide bonds. The number of fused-ring (bicyclic) bond motifs is 4. The number of pyridine rings is 1. The first-order valence-corrected chi connectivity index (χ1v) is 13.2. The number of carbonyl (C=O) groups is 2. The van der Waals surface area contributed by atoms with Crippen LogP contribution < -0.4 is 20.7 Å². The van der Waals surface area contributed by atoms with Crippen LogP contribution in [0.2, 0.25) is 0 Å². The zero-order valence-corrected chi connectivity index (χ0v) is 22.4. The lowest BCUT2D eigenvalue weighted by Gasteiger charge is -2.38. The molecule has 0 unspecified atom stereocenters. The normalized spacial score (nSPS) is 15.2. The van der Waals surface area contributed by atoms with E-state index >= 15 is 0 Å². The Morgan fingerprint density at radius 2 is 1.85 bits per heavy atom. The molecule has 4 bridgehead atoms. The third-order valence-electron chi connectivity index (χ3n) is 7.45. The van der Waals surface area contributed by atoms with Gasteiger partial charge in [-0.25, -0.2) is 4.98 Å². The van der Waals surface area contributed by atoms with Crippen molar-refractivity contribution in [3.8, 4) is 0 Å². The highest BCUT2D eigenvalue weighted by Gasteiger charge is 2.30. The number of para-hydroxylation sites is 1. The maximum Gasteiger partial charge on any atom is 0.276 e. The van der Waals surface area contributed by atoms with E-state index in [1.807, 2.05) is 48.2 Å². The lowest BCUT2D eigenvalue weighted by Crippen LogP contribution is -2.44. The van der Waals surface area contributed by atoms with Gasteiger partial charge >= 0.3 is 0 Å². The molecule has 0 saturated carbocycles. The van der Waals surface area contributed by atoms with Crippen molar-refractivity contribution in [2.45, 2.75) is 19.9 Å². The largest absolute Gasteiger partial charge is 0.342 e. The number of anilines is 5. The predicted molar refractivity (Wildman–Crippen MR) is 156 cm³/mol. The molecule has 2 aliphatic rings. The van der Waals surface area contributed by atoms with Crippen molar-refractivity contribution in [1.29, 1.82) is 0 Å². The van der Waals surface area contributed by atoms with Gasteiger partial charge in [0.15, 0.2) is 0 Å². The van der Waals surface area contributed by atoms with Gasteiger partial charge in [-0.1, -0.05) is 24.8 Å². The van der Waals surface area contributed by atoms with Gasteiger partial charge in [-0.15, -0.1) is 0 Å². The summed E-state index contributed by atoms with van der Waals surface area (Å²) in [5.41, 5.74) is 4.52. The van der Waals surface area contributed by atoms with Gasteiger partial charge < -0.3 is 20.0 Å². The van der Waals surface area contributed by atoms with Crippen molar-refractivity contribution in [2.24, 2.45) is 0 Å². The summed E-state index contributed by atoms with van der Waals surface area (Å²) in [6.45, 7) is 7.29. The van der Waals surface area contributed by atoms with Crippen molar-refractivity contribution in [3.05, 3.63) is 88.9 Å². The molecule has 0 atom stereocenters. The van der Waals surface area contributed by atoms with Crippen LogP contribution >= 0.6 is 0 Å². The van der Waals surface area contributed by atoms with Crippen molar-refractivity contribution < 1.29 is 9.59 Å². The molecule has 202 valence electrons. The molecule has 1 N–H and O–H groups in total. The van der Waals surface area contributed by atoms with Crippen LogP contribution in [0.25, 0.3) is 11.0 Å². The fourth-order valence-electron chi connectivity index (χ4n) is 5.48. The number of aromatic nitrogens is 3. The van der Waals surface area contributed by atoms with Crippen LogP contribution in [0.3, 0.4) is 0 Å². The summed E-state index contributed by atoms with van der Waals surface area (Å²) in [4.78, 5) is 54.4. The summed E-state index contributed by atoms with van der Waals surface area (Å²) >= 11 is 0. The summed E-state index contributed by atoms with van der Waals surface area (Å²) in [5.74, 6) is 0.0598. The number of carbonyl (C=O) groups excluding carboxylic acids is 2. The van der Waals surface area contributed by atoms with E-state index in [9.17, 15) is 14.4 Å². The Kier molecular flexibility index (Phi) is 6.30. The lowest BCUT2D eigenvalue weighted by molar-refractivity contribution is -0.114. The fourth-order valence-corrected chi connectivity index (χ4v) is 5.48. The van der Waals surface area contributed by atoms with Crippen LogP contribution in [-0.4, -0.2) is 57.9 Å². The first-order valence-electron chi connectivity index (χ1n) is 13.2. The Morgan fingerprint density at radius 3 is 2.67 bits per heavy atom. The molecule has 2 aromatic carbocycles. The smallest absolute Gasteiger partial charge is 0.276 e. The Bertz CT molecular complexity index is 1750. The van der Waals surface area contributed by atoms with Gasteiger partial charge in [-0.3, -0.25) is 19.0 Å². The Morgan fingerprint density at radius 1 is 1.02 bits per heavy atom. The van der Waals surface area contributed by atoms with Crippen LogP contribution in [0.4, 0.5) is 28.7 Å². The van der Waals surface area contributed by atoms with E-state index in [0.717, 1.165) is 16.9 Å². The third kappa shape index (κ3) is 4.27. The number of nitrogens with one attached hydrogen (secondary N) is 1. The minimum Gasteiger partial charge on any atom is -0.342 e. The Balaban J connectivity index is 1.50. The fraction of sp³-hybridized carbons (Fsp3) is 0.233. The van der Waals surface area contributed by atoms with Crippen LogP contribution in [0.1, 0.15) is 22.3 Å². The molecular weight excluding hydrogens is 506 g/mol. The maximum absolute atomic E-state index is 14.2. The van der Waals surface area contributed by atoms with E-state index in [1.54, 1.807) is 39.7 Å². The second kappa shape index (κ2) is 9.96. The first kappa shape index (κ1) is 25.3. The summed E-state index contributed by atoms with van der Waals surface area (Å²) in [7, 11) is 1.76. The summed E-state index contributed by atoms with van der Waals surface area (Å²) < 4.78 is 1.67. The number of amides is 2. The molecular formula is C30H29N7O3. The Labute approximate surface area is 231 Å². The maximum atomic E-state index is 14.2. The predicted octanol–water partition coefficient (Wildman–Crippen LogP) is 3.99. The minimum absolute atomic E-state index is 0.0966. The highest BCUT2D eigenvalue weighted by molar-refractivity contribution is 6.05. The summed E-state index contributed by atoms with van der Waals surface area (Å²) in [6.07, 6.45) is 3.58. The van der Waals surface area contributed by atoms with Gasteiger partial charge in [0.2, 0.25) is 5.95 Å². The highest BCUT2D eigenvalue weighted by Crippen LogP contribution is 2.39. The van der Waals surface area contributed by atoms with Gasteiger partial charge in [0, 0.05) is 56.1 Å². The molecule has 6 rings (SSSR count). The molecule has 2 aliphatic heterocycles. The third-order valence-corrected chi connectivity index (χ3v) is 7.45. The lowest BCUT2D eigenvalue weighted by atomic mass is 10.1. The van der Waals surface area contributed by atoms with Gasteiger partial charge in [-0.05, 0) is 55.3 Å². The number of aryl methyl sites for hydroxylation is 2. The average Bonchev–Trinajstić information content (AvgIpc) is 2.97. The first-order chi connectivity index (χ1) is 19.4. The molecule has 0 fully saturated rings. The van der Waals surface area contributed by atoms with Crippen LogP contribution in [0.5, 0.6) is 0 Å². The average molecular weight is 536 g/mol. The zero-order chi connectivity index (χ0) is 28.0. The van der Waals surface area contributed by atoms with Crippen molar-refractivity contribution in [3.63, 3.8) is 0 Å². The molecule has 2 aromatic heterocycles. The number of benzene rings is 2. The number of rotatable bonds is 2. The van der Waals surface area contributed by atoms with Crippen molar-refractivity contribution in [1.82, 2.24) is 19.4 Å². The van der Waals surface area contributed by atoms with Crippen LogP contribution in [0, 0.1) is 6.92 Å². The Hall–Kier alpha value is -4.99. The highest BCUT2D eigenvalue weighted by atomic mass is 16.2. The van der Waals surface area contributed by atoms with E-state index < -0.39 is 0 Å². The van der Waals surface area contributed by atoms with Gasteiger partial charge in [0.25, 0.3) is 17.4 Å². The van der Waals surface area contributed by atoms with Gasteiger partial charge in [0.1, 0.15) is 11.3 Å². The molecule has 0 aliphatic carbocycles.